The SMILES string of the molecule is CN(C)C(=O)CS(=O)(=O)Cc1cc(N2CCOCC2)nc(-c2ccc3[nH]ccc3c2)n1. The zero-order valence-electron chi connectivity index (χ0n) is 17.5. The second-order valence-electron chi connectivity index (χ2n) is 7.74. The maximum Gasteiger partial charge on any atom is 0.237 e. The number of ether oxygens (including phenoxy) is 1. The molecule has 0 spiro atoms. The summed E-state index contributed by atoms with van der Waals surface area (Å²) in [6.07, 6.45) is 1.86. The van der Waals surface area contributed by atoms with E-state index < -0.39 is 21.5 Å². The molecule has 1 aliphatic rings. The highest BCUT2D eigenvalue weighted by molar-refractivity contribution is 7.91. The van der Waals surface area contributed by atoms with Crippen LogP contribution < -0.4 is 4.90 Å². The third-order valence-electron chi connectivity index (χ3n) is 5.12. The number of anilines is 1. The minimum Gasteiger partial charge on any atom is -0.378 e. The third-order valence-corrected chi connectivity index (χ3v) is 6.54. The van der Waals surface area contributed by atoms with Crippen LogP contribution in [0.2, 0.25) is 0 Å². The number of hydrogen-bond donors (Lipinski definition) is 1. The van der Waals surface area contributed by atoms with Crippen molar-refractivity contribution in [2.24, 2.45) is 0 Å². The molecular formula is C21H25N5O4S. The minimum atomic E-state index is -3.68. The number of aromatic nitrogens is 3. The fourth-order valence-corrected chi connectivity index (χ4v) is 4.76. The normalized spacial score (nSPS) is 14.7. The Morgan fingerprint density at radius 3 is 2.68 bits per heavy atom. The Labute approximate surface area is 181 Å². The number of aromatic amines is 1. The molecule has 0 radical (unpaired) electrons. The quantitative estimate of drug-likeness (QED) is 0.614. The van der Waals surface area contributed by atoms with E-state index in [0.717, 1.165) is 16.5 Å². The summed E-state index contributed by atoms with van der Waals surface area (Å²) in [5, 5.41) is 1.02. The first-order valence-electron chi connectivity index (χ1n) is 9.99. The molecule has 0 unspecified atom stereocenters. The van der Waals surface area contributed by atoms with E-state index in [1.807, 2.05) is 30.5 Å². The molecule has 1 fully saturated rings. The van der Waals surface area contributed by atoms with Crippen LogP contribution in [-0.2, 0) is 25.1 Å². The zero-order chi connectivity index (χ0) is 22.0. The summed E-state index contributed by atoms with van der Waals surface area (Å²) in [4.78, 5) is 27.7. The van der Waals surface area contributed by atoms with Gasteiger partial charge >= 0.3 is 0 Å². The van der Waals surface area contributed by atoms with E-state index in [1.54, 1.807) is 6.07 Å². The minimum absolute atomic E-state index is 0.328. The summed E-state index contributed by atoms with van der Waals surface area (Å²) in [5.74, 6) is -0.226. The lowest BCUT2D eigenvalue weighted by atomic mass is 10.1. The van der Waals surface area contributed by atoms with Gasteiger partial charge in [-0.3, -0.25) is 4.79 Å². The van der Waals surface area contributed by atoms with Crippen LogP contribution in [0.1, 0.15) is 5.69 Å². The van der Waals surface area contributed by atoms with Crippen molar-refractivity contribution in [1.82, 2.24) is 19.9 Å². The number of amides is 1. The van der Waals surface area contributed by atoms with Gasteiger partial charge < -0.3 is 19.5 Å². The largest absolute Gasteiger partial charge is 0.378 e. The predicted molar refractivity (Wildman–Crippen MR) is 119 cm³/mol. The molecule has 9 nitrogen and oxygen atoms in total. The van der Waals surface area contributed by atoms with Gasteiger partial charge in [0, 0.05) is 55.9 Å². The Morgan fingerprint density at radius 2 is 1.94 bits per heavy atom. The number of rotatable bonds is 6. The monoisotopic (exact) mass is 443 g/mol. The van der Waals surface area contributed by atoms with Crippen molar-refractivity contribution < 1.29 is 17.9 Å². The first kappa shape index (κ1) is 21.3. The molecule has 0 bridgehead atoms. The second kappa shape index (κ2) is 8.64. The van der Waals surface area contributed by atoms with Crippen LogP contribution in [0.5, 0.6) is 0 Å². The molecule has 0 saturated carbocycles. The maximum absolute atomic E-state index is 12.6. The number of morpholine rings is 1. The van der Waals surface area contributed by atoms with E-state index >= 15 is 0 Å². The summed E-state index contributed by atoms with van der Waals surface area (Å²) >= 11 is 0. The molecule has 4 rings (SSSR count). The second-order valence-corrected chi connectivity index (χ2v) is 9.81. The Kier molecular flexibility index (Phi) is 5.92. The van der Waals surface area contributed by atoms with Gasteiger partial charge in [-0.1, -0.05) is 0 Å². The average molecular weight is 444 g/mol. The number of nitrogens with one attached hydrogen (secondary N) is 1. The number of sulfone groups is 1. The molecule has 1 aromatic carbocycles. The number of carbonyl (C=O) groups is 1. The van der Waals surface area contributed by atoms with E-state index in [4.69, 9.17) is 9.72 Å². The van der Waals surface area contributed by atoms with Gasteiger partial charge in [-0.2, -0.15) is 0 Å². The Morgan fingerprint density at radius 1 is 1.16 bits per heavy atom. The lowest BCUT2D eigenvalue weighted by Gasteiger charge is -2.28. The van der Waals surface area contributed by atoms with Crippen molar-refractivity contribution in [3.8, 4) is 11.4 Å². The first-order chi connectivity index (χ1) is 14.8. The van der Waals surface area contributed by atoms with Crippen molar-refractivity contribution >= 4 is 32.5 Å². The average Bonchev–Trinajstić information content (AvgIpc) is 3.21. The van der Waals surface area contributed by atoms with Crippen LogP contribution in [0.3, 0.4) is 0 Å². The summed E-state index contributed by atoms with van der Waals surface area (Å²) in [6.45, 7) is 2.50. The number of fused-ring (bicyclic) bond motifs is 1. The van der Waals surface area contributed by atoms with Crippen LogP contribution in [0.15, 0.2) is 36.5 Å². The molecule has 0 aliphatic carbocycles. The number of carbonyl (C=O) groups excluding carboxylic acids is 1. The van der Waals surface area contributed by atoms with Gasteiger partial charge in [-0.15, -0.1) is 0 Å². The summed E-state index contributed by atoms with van der Waals surface area (Å²) in [6, 6.07) is 9.48. The van der Waals surface area contributed by atoms with E-state index in [9.17, 15) is 13.2 Å². The van der Waals surface area contributed by atoms with Gasteiger partial charge in [-0.05, 0) is 24.3 Å². The van der Waals surface area contributed by atoms with Crippen LogP contribution in [-0.4, -0.2) is 80.3 Å². The number of H-pyrrole nitrogens is 1. The first-order valence-corrected chi connectivity index (χ1v) is 11.8. The Balaban J connectivity index is 1.71. The molecule has 1 saturated heterocycles. The molecule has 10 heteroatoms. The number of benzene rings is 1. The fraction of sp³-hybridized carbons (Fsp3) is 0.381. The molecule has 0 atom stereocenters. The molecule has 1 aliphatic heterocycles. The molecular weight excluding hydrogens is 418 g/mol. The van der Waals surface area contributed by atoms with Crippen LogP contribution in [0.25, 0.3) is 22.3 Å². The van der Waals surface area contributed by atoms with Gasteiger partial charge in [-0.25, -0.2) is 18.4 Å². The molecule has 2 aromatic heterocycles. The number of nitrogens with zero attached hydrogens (tertiary/aromatic N) is 4. The lowest BCUT2D eigenvalue weighted by Crippen LogP contribution is -2.37. The van der Waals surface area contributed by atoms with Crippen LogP contribution in [0.4, 0.5) is 5.82 Å². The topological polar surface area (TPSA) is 108 Å². The summed E-state index contributed by atoms with van der Waals surface area (Å²) in [5.41, 5.74) is 2.16. The highest BCUT2D eigenvalue weighted by Gasteiger charge is 2.22. The molecule has 3 aromatic rings. The van der Waals surface area contributed by atoms with Crippen molar-refractivity contribution in [1.29, 1.82) is 0 Å². The molecule has 164 valence electrons. The van der Waals surface area contributed by atoms with Gasteiger partial charge in [0.25, 0.3) is 0 Å². The Hall–Kier alpha value is -2.98. The molecule has 31 heavy (non-hydrogen) atoms. The maximum atomic E-state index is 12.6. The van der Waals surface area contributed by atoms with Crippen LogP contribution >= 0.6 is 0 Å². The zero-order valence-corrected chi connectivity index (χ0v) is 18.4. The van der Waals surface area contributed by atoms with Crippen molar-refractivity contribution in [2.75, 3.05) is 51.1 Å². The Bertz CT molecular complexity index is 1200. The summed E-state index contributed by atoms with van der Waals surface area (Å²) < 4.78 is 30.7. The van der Waals surface area contributed by atoms with Crippen molar-refractivity contribution in [3.63, 3.8) is 0 Å². The number of hydrogen-bond acceptors (Lipinski definition) is 7. The molecule has 3 heterocycles. The van der Waals surface area contributed by atoms with E-state index in [1.165, 1.54) is 19.0 Å². The molecule has 1 N–H and O–H groups in total. The standard InChI is InChI=1S/C21H25N5O4S/c1-25(2)20(27)14-31(28,29)13-17-12-19(26-7-9-30-10-8-26)24-21(23-17)16-3-4-18-15(11-16)5-6-22-18/h3-6,11-12,22H,7-10,13-14H2,1-2H3. The van der Waals surface area contributed by atoms with Crippen molar-refractivity contribution in [3.05, 3.63) is 42.2 Å². The van der Waals surface area contributed by atoms with Gasteiger partial charge in [0.05, 0.1) is 24.7 Å². The third kappa shape index (κ3) is 5.02. The van der Waals surface area contributed by atoms with Gasteiger partial charge in [0.15, 0.2) is 15.7 Å². The van der Waals surface area contributed by atoms with Crippen LogP contribution in [0, 0.1) is 0 Å². The molecule has 1 amide bonds. The fourth-order valence-electron chi connectivity index (χ4n) is 3.43. The van der Waals surface area contributed by atoms with E-state index in [0.29, 0.717) is 43.6 Å². The van der Waals surface area contributed by atoms with E-state index in [2.05, 4.69) is 14.9 Å². The predicted octanol–water partition coefficient (Wildman–Crippen LogP) is 1.46. The summed E-state index contributed by atoms with van der Waals surface area (Å²) in [7, 11) is -0.609. The van der Waals surface area contributed by atoms with Crippen molar-refractivity contribution in [2.45, 2.75) is 5.75 Å². The highest BCUT2D eigenvalue weighted by atomic mass is 32.2. The highest BCUT2D eigenvalue weighted by Crippen LogP contribution is 2.25. The van der Waals surface area contributed by atoms with E-state index in [-0.39, 0.29) is 5.75 Å². The smallest absolute Gasteiger partial charge is 0.237 e. The van der Waals surface area contributed by atoms with Gasteiger partial charge in [0.2, 0.25) is 5.91 Å². The van der Waals surface area contributed by atoms with Gasteiger partial charge in [0.1, 0.15) is 11.6 Å². The lowest BCUT2D eigenvalue weighted by molar-refractivity contribution is -0.125.